The third kappa shape index (κ3) is 12.7. The molecule has 0 fully saturated rings. The number of hydrogen-bond acceptors (Lipinski definition) is 4. The summed E-state index contributed by atoms with van der Waals surface area (Å²) in [4.78, 5) is 21.5. The van der Waals surface area contributed by atoms with Gasteiger partial charge in [-0.2, -0.15) is 0 Å². The van der Waals surface area contributed by atoms with E-state index in [1.54, 1.807) is 0 Å². The van der Waals surface area contributed by atoms with Crippen molar-refractivity contribution < 1.29 is 67.1 Å². The monoisotopic (exact) mass is 241 g/mol. The van der Waals surface area contributed by atoms with Gasteiger partial charge in [0.25, 0.3) is 0 Å². The predicted molar refractivity (Wildman–Crippen MR) is 54.6 cm³/mol. The molecule has 4 nitrogen and oxygen atoms in total. The van der Waals surface area contributed by atoms with Crippen molar-refractivity contribution in [2.75, 3.05) is 6.54 Å². The van der Waals surface area contributed by atoms with E-state index in [0.29, 0.717) is 6.42 Å². The largest absolute Gasteiger partial charge is 1.00 e. The van der Waals surface area contributed by atoms with Crippen molar-refractivity contribution in [3.8, 4) is 0 Å². The first-order valence-electron chi connectivity index (χ1n) is 5.14. The standard InChI is InChI=1S/C10H19NO3.K.H/c1-2-3-4-5-6-7-9(12)14-10(13)8-11;;/h2-8,11H2,1H3;;/q;+1;-1. The molecule has 0 amide bonds. The van der Waals surface area contributed by atoms with Crippen LogP contribution in [0.3, 0.4) is 0 Å². The van der Waals surface area contributed by atoms with E-state index in [1.807, 2.05) is 0 Å². The maximum absolute atomic E-state index is 10.9. The first kappa shape index (κ1) is 18.1. The molecule has 0 aliphatic heterocycles. The van der Waals surface area contributed by atoms with Gasteiger partial charge in [-0.3, -0.25) is 9.59 Å². The van der Waals surface area contributed by atoms with E-state index >= 15 is 0 Å². The molecule has 0 saturated carbocycles. The molecule has 0 unspecified atom stereocenters. The molecule has 0 aromatic heterocycles. The normalized spacial score (nSPS) is 9.20. The average Bonchev–Trinajstić information content (AvgIpc) is 2.17. The van der Waals surface area contributed by atoms with Gasteiger partial charge < -0.3 is 11.9 Å². The molecule has 2 N–H and O–H groups in total. The van der Waals surface area contributed by atoms with E-state index in [2.05, 4.69) is 11.7 Å². The van der Waals surface area contributed by atoms with Crippen LogP contribution in [0, 0.1) is 0 Å². The minimum atomic E-state index is -0.649. The number of carbonyl (C=O) groups is 2. The number of rotatable bonds is 7. The molecule has 0 aromatic rings. The van der Waals surface area contributed by atoms with Crippen LogP contribution in [-0.2, 0) is 14.3 Å². The second kappa shape index (κ2) is 12.8. The Morgan fingerprint density at radius 3 is 2.27 bits per heavy atom. The van der Waals surface area contributed by atoms with E-state index in [4.69, 9.17) is 5.73 Å². The fourth-order valence-corrected chi connectivity index (χ4v) is 1.09. The second-order valence-corrected chi connectivity index (χ2v) is 3.21. The number of esters is 2. The first-order valence-corrected chi connectivity index (χ1v) is 5.14. The van der Waals surface area contributed by atoms with Crippen LogP contribution in [0.5, 0.6) is 0 Å². The predicted octanol–water partition coefficient (Wildman–Crippen LogP) is -1.51. The summed E-state index contributed by atoms with van der Waals surface area (Å²) in [6, 6.07) is 0. The molecule has 0 aromatic carbocycles. The summed E-state index contributed by atoms with van der Waals surface area (Å²) in [5.74, 6) is -1.11. The molecular formula is C10H20KNO3. The Bertz CT molecular complexity index is 191. The molecule has 15 heavy (non-hydrogen) atoms. The van der Waals surface area contributed by atoms with Gasteiger partial charge in [-0.25, -0.2) is 0 Å². The molecule has 5 heteroatoms. The summed E-state index contributed by atoms with van der Waals surface area (Å²) in [7, 11) is 0. The van der Waals surface area contributed by atoms with E-state index in [-0.39, 0.29) is 59.4 Å². The molecule has 0 radical (unpaired) electrons. The van der Waals surface area contributed by atoms with Crippen LogP contribution in [0.2, 0.25) is 0 Å². The Morgan fingerprint density at radius 2 is 1.73 bits per heavy atom. The van der Waals surface area contributed by atoms with Gasteiger partial charge in [0.2, 0.25) is 0 Å². The van der Waals surface area contributed by atoms with Crippen molar-refractivity contribution in [1.29, 1.82) is 0 Å². The van der Waals surface area contributed by atoms with Gasteiger partial charge in [-0.1, -0.05) is 32.6 Å². The minimum Gasteiger partial charge on any atom is -1.00 e. The number of ether oxygens (including phenoxy) is 1. The van der Waals surface area contributed by atoms with Crippen LogP contribution in [0.15, 0.2) is 0 Å². The fourth-order valence-electron chi connectivity index (χ4n) is 1.09. The summed E-state index contributed by atoms with van der Waals surface area (Å²) in [5.41, 5.74) is 4.99. The van der Waals surface area contributed by atoms with Crippen LogP contribution in [-0.4, -0.2) is 18.5 Å². The van der Waals surface area contributed by atoms with Crippen molar-refractivity contribution in [2.45, 2.75) is 45.4 Å². The van der Waals surface area contributed by atoms with Gasteiger partial charge in [0.15, 0.2) is 0 Å². The Hall–Kier alpha value is 0.736. The van der Waals surface area contributed by atoms with Crippen molar-refractivity contribution in [1.82, 2.24) is 0 Å². The number of carbonyl (C=O) groups excluding carboxylic acids is 2. The topological polar surface area (TPSA) is 69.4 Å². The summed E-state index contributed by atoms with van der Waals surface area (Å²) in [5, 5.41) is 0. The average molecular weight is 241 g/mol. The molecule has 84 valence electrons. The van der Waals surface area contributed by atoms with Gasteiger partial charge in [0.1, 0.15) is 0 Å². The van der Waals surface area contributed by atoms with Crippen LogP contribution < -0.4 is 57.1 Å². The van der Waals surface area contributed by atoms with Crippen molar-refractivity contribution in [3.63, 3.8) is 0 Å². The maximum Gasteiger partial charge on any atom is 1.00 e. The smallest absolute Gasteiger partial charge is 1.00 e. The van der Waals surface area contributed by atoms with Gasteiger partial charge in [-0.15, -0.1) is 0 Å². The van der Waals surface area contributed by atoms with Gasteiger partial charge in [0, 0.05) is 6.42 Å². The van der Waals surface area contributed by atoms with Crippen LogP contribution in [0.4, 0.5) is 0 Å². The van der Waals surface area contributed by atoms with E-state index in [9.17, 15) is 9.59 Å². The van der Waals surface area contributed by atoms with E-state index in [0.717, 1.165) is 19.3 Å². The van der Waals surface area contributed by atoms with Crippen LogP contribution in [0.1, 0.15) is 46.9 Å². The molecule has 0 spiro atoms. The summed E-state index contributed by atoms with van der Waals surface area (Å²) < 4.78 is 4.40. The van der Waals surface area contributed by atoms with Gasteiger partial charge in [-0.05, 0) is 6.42 Å². The molecule has 0 rings (SSSR count). The van der Waals surface area contributed by atoms with Crippen molar-refractivity contribution in [2.24, 2.45) is 5.73 Å². The third-order valence-electron chi connectivity index (χ3n) is 1.88. The fraction of sp³-hybridized carbons (Fsp3) is 0.800. The zero-order valence-corrected chi connectivity index (χ0v) is 12.9. The number of unbranched alkanes of at least 4 members (excludes halogenated alkanes) is 4. The Morgan fingerprint density at radius 1 is 1.13 bits per heavy atom. The van der Waals surface area contributed by atoms with Crippen molar-refractivity contribution in [3.05, 3.63) is 0 Å². The first-order chi connectivity index (χ1) is 6.70. The zero-order chi connectivity index (χ0) is 10.8. The molecular weight excluding hydrogens is 221 g/mol. The van der Waals surface area contributed by atoms with Crippen LogP contribution in [0.25, 0.3) is 0 Å². The molecule has 0 saturated heterocycles. The summed E-state index contributed by atoms with van der Waals surface area (Å²) in [6.07, 6.45) is 5.62. The quantitative estimate of drug-likeness (QED) is 0.255. The van der Waals surface area contributed by atoms with E-state index < -0.39 is 11.9 Å². The Labute approximate surface area is 135 Å². The molecule has 0 aliphatic carbocycles. The summed E-state index contributed by atoms with van der Waals surface area (Å²) in [6.45, 7) is 1.90. The zero-order valence-electron chi connectivity index (χ0n) is 10.8. The third-order valence-corrected chi connectivity index (χ3v) is 1.88. The van der Waals surface area contributed by atoms with E-state index in [1.165, 1.54) is 12.8 Å². The Balaban J connectivity index is -0.000000845. The molecule has 0 aliphatic rings. The second-order valence-electron chi connectivity index (χ2n) is 3.21. The summed E-state index contributed by atoms with van der Waals surface area (Å²) >= 11 is 0. The maximum atomic E-state index is 10.9. The van der Waals surface area contributed by atoms with Crippen LogP contribution >= 0.6 is 0 Å². The minimum absolute atomic E-state index is 0. The van der Waals surface area contributed by atoms with Crippen molar-refractivity contribution >= 4 is 11.9 Å². The molecule has 0 bridgehead atoms. The Kier molecular flexibility index (Phi) is 15.5. The SMILES string of the molecule is CCCCCCCC(=O)OC(=O)CN.[H-].[K+]. The molecule has 0 atom stereocenters. The van der Waals surface area contributed by atoms with Gasteiger partial charge >= 0.3 is 63.3 Å². The van der Waals surface area contributed by atoms with Gasteiger partial charge in [0.05, 0.1) is 6.54 Å². The number of nitrogens with two attached hydrogens (primary N) is 1. The number of hydrogen-bond donors (Lipinski definition) is 1. The molecule has 0 heterocycles.